The smallest absolute Gasteiger partial charge is 0.162 e. The van der Waals surface area contributed by atoms with E-state index in [9.17, 15) is 0 Å². The first-order valence-electron chi connectivity index (χ1n) is 5.64. The van der Waals surface area contributed by atoms with Crippen molar-refractivity contribution in [3.63, 3.8) is 0 Å². The zero-order valence-corrected chi connectivity index (χ0v) is 10.5. The van der Waals surface area contributed by atoms with Gasteiger partial charge in [-0.3, -0.25) is 0 Å². The second kappa shape index (κ2) is 5.57. The zero-order valence-electron chi connectivity index (χ0n) is 10.5. The molecule has 3 N–H and O–H groups in total. The summed E-state index contributed by atoms with van der Waals surface area (Å²) >= 11 is 0. The topological polar surface area (TPSA) is 73.1 Å². The van der Waals surface area contributed by atoms with Gasteiger partial charge in [-0.1, -0.05) is 24.3 Å². The second-order valence-electron chi connectivity index (χ2n) is 3.96. The number of ether oxygens (including phenoxy) is 1. The molecule has 0 amide bonds. The Kier molecular flexibility index (Phi) is 3.86. The van der Waals surface area contributed by atoms with E-state index in [-0.39, 0.29) is 0 Å². The van der Waals surface area contributed by atoms with E-state index in [1.165, 1.54) is 0 Å². The van der Waals surface area contributed by atoms with Gasteiger partial charge in [0.05, 0.1) is 12.3 Å². The molecule has 0 bridgehead atoms. The number of nitrogens with zero attached hydrogens (tertiary/aromatic N) is 2. The number of nitrogen functional groups attached to an aromatic ring is 1. The van der Waals surface area contributed by atoms with Gasteiger partial charge < -0.3 is 10.2 Å². The summed E-state index contributed by atoms with van der Waals surface area (Å²) in [5.74, 6) is 6.65. The monoisotopic (exact) mass is 244 g/mol. The van der Waals surface area contributed by atoms with Crippen LogP contribution in [0.25, 0.3) is 11.4 Å². The molecule has 0 aliphatic heterocycles. The minimum Gasteiger partial charge on any atom is -0.378 e. The van der Waals surface area contributed by atoms with E-state index in [1.54, 1.807) is 13.2 Å². The highest BCUT2D eigenvalue weighted by Gasteiger charge is 2.08. The standard InChI is InChI=1S/C13H16N4O/c1-9-5-3-4-6-11(9)13-15-10(8-18-2)7-12(16-13)17-14/h3-7H,8,14H2,1-2H3,(H,15,16,17). The van der Waals surface area contributed by atoms with Gasteiger partial charge in [0.1, 0.15) is 5.82 Å². The van der Waals surface area contributed by atoms with Gasteiger partial charge in [-0.2, -0.15) is 0 Å². The molecular weight excluding hydrogens is 228 g/mol. The molecule has 2 aromatic rings. The summed E-state index contributed by atoms with van der Waals surface area (Å²) < 4.78 is 5.09. The summed E-state index contributed by atoms with van der Waals surface area (Å²) in [6.07, 6.45) is 0. The van der Waals surface area contributed by atoms with Crippen molar-refractivity contribution < 1.29 is 4.74 Å². The predicted molar refractivity (Wildman–Crippen MR) is 70.7 cm³/mol. The molecular formula is C13H16N4O. The number of hydrazine groups is 1. The summed E-state index contributed by atoms with van der Waals surface area (Å²) in [7, 11) is 1.63. The van der Waals surface area contributed by atoms with Crippen molar-refractivity contribution >= 4 is 5.82 Å². The maximum Gasteiger partial charge on any atom is 0.162 e. The largest absolute Gasteiger partial charge is 0.378 e. The summed E-state index contributed by atoms with van der Waals surface area (Å²) in [5, 5.41) is 0. The van der Waals surface area contributed by atoms with Gasteiger partial charge in [-0.05, 0) is 12.5 Å². The Morgan fingerprint density at radius 2 is 2.06 bits per heavy atom. The SMILES string of the molecule is COCc1cc(NN)nc(-c2ccccc2C)n1. The van der Waals surface area contributed by atoms with E-state index in [0.717, 1.165) is 16.8 Å². The molecule has 1 heterocycles. The first kappa shape index (κ1) is 12.5. The van der Waals surface area contributed by atoms with E-state index in [1.807, 2.05) is 31.2 Å². The molecule has 0 radical (unpaired) electrons. The summed E-state index contributed by atoms with van der Waals surface area (Å²) in [4.78, 5) is 8.83. The molecule has 0 aliphatic carbocycles. The molecule has 0 aliphatic rings. The average Bonchev–Trinajstić information content (AvgIpc) is 2.39. The number of methoxy groups -OCH3 is 1. The minimum atomic E-state index is 0.427. The average molecular weight is 244 g/mol. The molecule has 5 nitrogen and oxygen atoms in total. The molecule has 0 saturated carbocycles. The third kappa shape index (κ3) is 2.64. The number of nitrogens with one attached hydrogen (secondary N) is 1. The first-order valence-corrected chi connectivity index (χ1v) is 5.64. The second-order valence-corrected chi connectivity index (χ2v) is 3.96. The fraction of sp³-hybridized carbons (Fsp3) is 0.231. The lowest BCUT2D eigenvalue weighted by Gasteiger charge is -2.09. The predicted octanol–water partition coefficient (Wildman–Crippen LogP) is 1.88. The molecule has 1 aromatic carbocycles. The van der Waals surface area contributed by atoms with E-state index < -0.39 is 0 Å². The number of hydrogen-bond acceptors (Lipinski definition) is 5. The summed E-state index contributed by atoms with van der Waals surface area (Å²) in [5.41, 5.74) is 5.45. The van der Waals surface area contributed by atoms with Crippen molar-refractivity contribution in [2.24, 2.45) is 5.84 Å². The number of aromatic nitrogens is 2. The van der Waals surface area contributed by atoms with E-state index >= 15 is 0 Å². The third-order valence-electron chi connectivity index (χ3n) is 2.61. The Morgan fingerprint density at radius 3 is 2.72 bits per heavy atom. The number of anilines is 1. The van der Waals surface area contributed by atoms with Gasteiger partial charge in [0.25, 0.3) is 0 Å². The maximum atomic E-state index is 5.42. The number of rotatable bonds is 4. The van der Waals surface area contributed by atoms with Crippen LogP contribution < -0.4 is 11.3 Å². The molecule has 0 unspecified atom stereocenters. The Balaban J connectivity index is 2.50. The van der Waals surface area contributed by atoms with Crippen LogP contribution in [-0.2, 0) is 11.3 Å². The quantitative estimate of drug-likeness (QED) is 0.634. The molecule has 18 heavy (non-hydrogen) atoms. The molecule has 5 heteroatoms. The Bertz CT molecular complexity index is 542. The maximum absolute atomic E-state index is 5.42. The van der Waals surface area contributed by atoms with Crippen molar-refractivity contribution in [2.75, 3.05) is 12.5 Å². The number of hydrogen-bond donors (Lipinski definition) is 2. The van der Waals surface area contributed by atoms with Crippen LogP contribution in [0.2, 0.25) is 0 Å². The molecule has 94 valence electrons. The van der Waals surface area contributed by atoms with Crippen LogP contribution in [0.5, 0.6) is 0 Å². The molecule has 0 fully saturated rings. The summed E-state index contributed by atoms with van der Waals surface area (Å²) in [6, 6.07) is 9.73. The zero-order chi connectivity index (χ0) is 13.0. The highest BCUT2D eigenvalue weighted by molar-refractivity contribution is 5.61. The first-order chi connectivity index (χ1) is 8.74. The van der Waals surface area contributed by atoms with Crippen molar-refractivity contribution in [3.05, 3.63) is 41.6 Å². The highest BCUT2D eigenvalue weighted by atomic mass is 16.5. The molecule has 0 spiro atoms. The van der Waals surface area contributed by atoms with Gasteiger partial charge in [0, 0.05) is 18.7 Å². The Morgan fingerprint density at radius 1 is 1.28 bits per heavy atom. The molecule has 0 atom stereocenters. The number of nitrogens with two attached hydrogens (primary N) is 1. The Hall–Kier alpha value is -1.98. The summed E-state index contributed by atoms with van der Waals surface area (Å²) in [6.45, 7) is 2.45. The van der Waals surface area contributed by atoms with Crippen LogP contribution in [0.3, 0.4) is 0 Å². The fourth-order valence-electron chi connectivity index (χ4n) is 1.74. The normalized spacial score (nSPS) is 10.4. The fourth-order valence-corrected chi connectivity index (χ4v) is 1.74. The van der Waals surface area contributed by atoms with Crippen molar-refractivity contribution in [3.8, 4) is 11.4 Å². The van der Waals surface area contributed by atoms with E-state index in [2.05, 4.69) is 15.4 Å². The van der Waals surface area contributed by atoms with Crippen molar-refractivity contribution in [2.45, 2.75) is 13.5 Å². The van der Waals surface area contributed by atoms with Gasteiger partial charge >= 0.3 is 0 Å². The van der Waals surface area contributed by atoms with Crippen LogP contribution in [0.1, 0.15) is 11.3 Å². The van der Waals surface area contributed by atoms with Crippen LogP contribution in [0.4, 0.5) is 5.82 Å². The van der Waals surface area contributed by atoms with Crippen molar-refractivity contribution in [1.29, 1.82) is 0 Å². The van der Waals surface area contributed by atoms with Crippen LogP contribution in [-0.4, -0.2) is 17.1 Å². The minimum absolute atomic E-state index is 0.427. The number of aryl methyl sites for hydroxylation is 1. The van der Waals surface area contributed by atoms with Gasteiger partial charge in [0.15, 0.2) is 5.82 Å². The molecule has 1 aromatic heterocycles. The van der Waals surface area contributed by atoms with Gasteiger partial charge in [-0.15, -0.1) is 0 Å². The van der Waals surface area contributed by atoms with Crippen LogP contribution >= 0.6 is 0 Å². The highest BCUT2D eigenvalue weighted by Crippen LogP contribution is 2.21. The van der Waals surface area contributed by atoms with Gasteiger partial charge in [0.2, 0.25) is 0 Å². The lowest BCUT2D eigenvalue weighted by atomic mass is 10.1. The van der Waals surface area contributed by atoms with Crippen LogP contribution in [0, 0.1) is 6.92 Å². The van der Waals surface area contributed by atoms with Crippen molar-refractivity contribution in [1.82, 2.24) is 9.97 Å². The lowest BCUT2D eigenvalue weighted by Crippen LogP contribution is -2.11. The Labute approximate surface area is 106 Å². The lowest BCUT2D eigenvalue weighted by molar-refractivity contribution is 0.181. The molecule has 0 saturated heterocycles. The van der Waals surface area contributed by atoms with E-state index in [0.29, 0.717) is 18.2 Å². The van der Waals surface area contributed by atoms with Crippen LogP contribution in [0.15, 0.2) is 30.3 Å². The third-order valence-corrected chi connectivity index (χ3v) is 2.61. The van der Waals surface area contributed by atoms with E-state index in [4.69, 9.17) is 10.6 Å². The number of benzene rings is 1. The molecule has 2 rings (SSSR count). The van der Waals surface area contributed by atoms with Gasteiger partial charge in [-0.25, -0.2) is 15.8 Å².